The molecule has 0 unspecified atom stereocenters. The summed E-state index contributed by atoms with van der Waals surface area (Å²) in [6.45, 7) is 7.43. The van der Waals surface area contributed by atoms with E-state index in [1.807, 2.05) is 31.2 Å². The minimum Gasteiger partial charge on any atom is -0.497 e. The fraction of sp³-hybridized carbons (Fsp3) is 0.323. The lowest BCUT2D eigenvalue weighted by Gasteiger charge is -2.41. The van der Waals surface area contributed by atoms with Crippen LogP contribution in [0.25, 0.3) is 5.70 Å². The highest BCUT2D eigenvalue weighted by atomic mass is 32.2. The summed E-state index contributed by atoms with van der Waals surface area (Å²) in [4.78, 5) is 5.61. The zero-order chi connectivity index (χ0) is 30.7. The monoisotopic (exact) mass is 602 g/mol. The number of alkyl halides is 3. The summed E-state index contributed by atoms with van der Waals surface area (Å²) < 4.78 is 76.4. The summed E-state index contributed by atoms with van der Waals surface area (Å²) in [5, 5.41) is 11.5. The van der Waals surface area contributed by atoms with Gasteiger partial charge in [-0.2, -0.15) is 0 Å². The van der Waals surface area contributed by atoms with Crippen LogP contribution in [0.4, 0.5) is 18.9 Å². The Kier molecular flexibility index (Phi) is 9.03. The van der Waals surface area contributed by atoms with Crippen molar-refractivity contribution in [1.29, 1.82) is 0 Å². The Morgan fingerprint density at radius 1 is 1.02 bits per heavy atom. The molecular weight excluding hydrogens is 569 g/mol. The molecule has 1 fully saturated rings. The summed E-state index contributed by atoms with van der Waals surface area (Å²) in [5.41, 5.74) is 1.18. The maximum Gasteiger partial charge on any atom is 0.573 e. The van der Waals surface area contributed by atoms with E-state index in [-0.39, 0.29) is 52.7 Å². The predicted molar refractivity (Wildman–Crippen MR) is 156 cm³/mol. The number of hydrogen-bond acceptors (Lipinski definition) is 7. The van der Waals surface area contributed by atoms with E-state index in [0.717, 1.165) is 29.7 Å². The lowest BCUT2D eigenvalue weighted by atomic mass is 9.83. The molecule has 4 rings (SSSR count). The molecule has 0 aromatic heterocycles. The van der Waals surface area contributed by atoms with Gasteiger partial charge in [0.1, 0.15) is 11.5 Å². The second kappa shape index (κ2) is 12.2. The number of benzene rings is 3. The van der Waals surface area contributed by atoms with Gasteiger partial charge in [0.15, 0.2) is 0 Å². The van der Waals surface area contributed by atoms with Crippen molar-refractivity contribution in [2.45, 2.75) is 50.0 Å². The van der Waals surface area contributed by atoms with Gasteiger partial charge in [0, 0.05) is 18.7 Å². The van der Waals surface area contributed by atoms with E-state index in [9.17, 15) is 26.7 Å². The van der Waals surface area contributed by atoms with Crippen LogP contribution >= 0.6 is 0 Å². The Labute approximate surface area is 243 Å². The fourth-order valence-corrected chi connectivity index (χ4v) is 6.46. The predicted octanol–water partition coefficient (Wildman–Crippen LogP) is 6.63. The molecule has 1 aliphatic rings. The summed E-state index contributed by atoms with van der Waals surface area (Å²) in [7, 11) is -2.67. The number of halogens is 3. The normalized spacial score (nSPS) is 16.0. The summed E-state index contributed by atoms with van der Waals surface area (Å²) in [5.74, 6) is -0.0604. The molecule has 1 aliphatic heterocycles. The Morgan fingerprint density at radius 3 is 2.14 bits per heavy atom. The van der Waals surface area contributed by atoms with Gasteiger partial charge in [0.25, 0.3) is 0 Å². The number of aliphatic hydroxyl groups is 1. The smallest absolute Gasteiger partial charge is 0.497 e. The van der Waals surface area contributed by atoms with Gasteiger partial charge in [-0.15, -0.1) is 13.2 Å². The van der Waals surface area contributed by atoms with E-state index in [2.05, 4.69) is 16.4 Å². The first kappa shape index (κ1) is 31.1. The van der Waals surface area contributed by atoms with Gasteiger partial charge >= 0.3 is 6.36 Å². The van der Waals surface area contributed by atoms with E-state index in [1.54, 1.807) is 4.90 Å². The number of methoxy groups -OCH3 is 1. The molecule has 7 nitrogen and oxygen atoms in total. The first-order valence-corrected chi connectivity index (χ1v) is 14.8. The average molecular weight is 603 g/mol. The number of nitrogens with zero attached hydrogens (tertiary/aromatic N) is 2. The third-order valence-electron chi connectivity index (χ3n) is 7.54. The molecule has 0 saturated carbocycles. The van der Waals surface area contributed by atoms with E-state index in [1.165, 1.54) is 44.4 Å². The number of sulfone groups is 1. The van der Waals surface area contributed by atoms with Crippen LogP contribution in [0, 0.1) is 0 Å². The van der Waals surface area contributed by atoms with Gasteiger partial charge in [-0.3, -0.25) is 4.99 Å². The van der Waals surface area contributed by atoms with Crippen LogP contribution < -0.4 is 9.47 Å². The van der Waals surface area contributed by atoms with Crippen molar-refractivity contribution in [3.8, 4) is 11.5 Å². The number of allylic oxidation sites excluding steroid dienone is 1. The molecule has 1 N–H and O–H groups in total. The topological polar surface area (TPSA) is 88.4 Å². The van der Waals surface area contributed by atoms with Crippen LogP contribution in [0.5, 0.6) is 11.5 Å². The van der Waals surface area contributed by atoms with Gasteiger partial charge in [-0.1, -0.05) is 31.2 Å². The molecule has 0 bridgehead atoms. The SMILES string of the molecule is C=Nc1ccc(OC(F)(F)F)cc1/C(=C(\C)S(=O)(=O)c1ccc(OC)cc1)N1CCC(O)(c2ccc(CC)cc2)CC1. The number of ether oxygens (including phenoxy) is 2. The van der Waals surface area contributed by atoms with Crippen LogP contribution in [0.1, 0.15) is 43.4 Å². The molecule has 11 heteroatoms. The largest absolute Gasteiger partial charge is 0.573 e. The fourth-order valence-electron chi connectivity index (χ4n) is 5.12. The molecule has 0 radical (unpaired) electrons. The second-order valence-electron chi connectivity index (χ2n) is 10.0. The van der Waals surface area contributed by atoms with Crippen LogP contribution in [-0.4, -0.2) is 51.7 Å². The molecule has 0 aliphatic carbocycles. The Balaban J connectivity index is 1.82. The minimum atomic E-state index is -4.95. The molecule has 0 amide bonds. The van der Waals surface area contributed by atoms with E-state index in [0.29, 0.717) is 5.75 Å². The summed E-state index contributed by atoms with van der Waals surface area (Å²) >= 11 is 0. The van der Waals surface area contributed by atoms with Crippen molar-refractivity contribution in [3.05, 3.63) is 88.3 Å². The lowest BCUT2D eigenvalue weighted by Crippen LogP contribution is -2.42. The van der Waals surface area contributed by atoms with Crippen LogP contribution in [0.15, 0.2) is 81.5 Å². The van der Waals surface area contributed by atoms with E-state index >= 15 is 0 Å². The maximum atomic E-state index is 13.9. The second-order valence-corrected chi connectivity index (χ2v) is 12.1. The molecule has 224 valence electrons. The Morgan fingerprint density at radius 2 is 1.62 bits per heavy atom. The minimum absolute atomic E-state index is 0.0152. The van der Waals surface area contributed by atoms with Crippen LogP contribution in [0.3, 0.4) is 0 Å². The number of aliphatic imine (C=N–C) groups is 1. The number of rotatable bonds is 9. The number of hydrogen-bond donors (Lipinski definition) is 1. The highest BCUT2D eigenvalue weighted by Crippen LogP contribution is 2.42. The van der Waals surface area contributed by atoms with Crippen molar-refractivity contribution in [1.82, 2.24) is 4.90 Å². The van der Waals surface area contributed by atoms with E-state index in [4.69, 9.17) is 4.74 Å². The number of aryl methyl sites for hydroxylation is 1. The van der Waals surface area contributed by atoms with Gasteiger partial charge in [0.05, 0.1) is 33.9 Å². The zero-order valence-electron chi connectivity index (χ0n) is 23.6. The number of likely N-dealkylation sites (tertiary alicyclic amines) is 1. The molecule has 0 atom stereocenters. The quantitative estimate of drug-likeness (QED) is 0.277. The van der Waals surface area contributed by atoms with Crippen LogP contribution in [-0.2, 0) is 21.9 Å². The molecular formula is C31H33F3N2O5S. The Bertz CT molecular complexity index is 1560. The molecule has 1 saturated heterocycles. The van der Waals surface area contributed by atoms with E-state index < -0.39 is 27.6 Å². The Hall–Kier alpha value is -3.83. The van der Waals surface area contributed by atoms with Crippen molar-refractivity contribution in [3.63, 3.8) is 0 Å². The standard InChI is InChI=1S/C31H33F3N2O5S/c1-5-22-6-8-23(9-7-22)30(37)16-18-36(19-17-30)29(21(2)42(38,39)26-13-10-24(40-4)11-14-26)27-20-25(41-31(32,33)34)12-15-28(27)35-3/h6-15,20,37H,3,5,16-19H2,1-2,4H3/b29-21-. The van der Waals surface area contributed by atoms with Crippen molar-refractivity contribution in [2.24, 2.45) is 4.99 Å². The average Bonchev–Trinajstić information content (AvgIpc) is 2.97. The maximum absolute atomic E-state index is 13.9. The third kappa shape index (κ3) is 6.63. The van der Waals surface area contributed by atoms with Gasteiger partial charge in [0.2, 0.25) is 9.84 Å². The summed E-state index contributed by atoms with van der Waals surface area (Å²) in [6.07, 6.45) is -3.58. The van der Waals surface area contributed by atoms with Crippen LogP contribution in [0.2, 0.25) is 0 Å². The third-order valence-corrected chi connectivity index (χ3v) is 9.43. The molecule has 42 heavy (non-hydrogen) atoms. The highest BCUT2D eigenvalue weighted by Gasteiger charge is 2.37. The molecule has 3 aromatic rings. The lowest BCUT2D eigenvalue weighted by molar-refractivity contribution is -0.274. The molecule has 3 aromatic carbocycles. The zero-order valence-corrected chi connectivity index (χ0v) is 24.4. The van der Waals surface area contributed by atoms with Gasteiger partial charge < -0.3 is 19.5 Å². The van der Waals surface area contributed by atoms with Gasteiger partial charge in [-0.05, 0) is 86.5 Å². The van der Waals surface area contributed by atoms with Crippen molar-refractivity contribution >= 4 is 27.9 Å². The number of piperidine rings is 1. The molecule has 0 spiro atoms. The van der Waals surface area contributed by atoms with Crippen molar-refractivity contribution in [2.75, 3.05) is 20.2 Å². The van der Waals surface area contributed by atoms with Gasteiger partial charge in [-0.25, -0.2) is 8.42 Å². The molecule has 1 heterocycles. The first-order valence-electron chi connectivity index (χ1n) is 13.3. The highest BCUT2D eigenvalue weighted by molar-refractivity contribution is 7.95. The first-order chi connectivity index (χ1) is 19.8. The summed E-state index contributed by atoms with van der Waals surface area (Å²) in [6, 6.07) is 17.1. The van der Waals surface area contributed by atoms with Crippen molar-refractivity contribution < 1.29 is 36.2 Å².